The van der Waals surface area contributed by atoms with Crippen molar-refractivity contribution in [3.63, 3.8) is 0 Å². The zero-order valence-corrected chi connectivity index (χ0v) is 17.5. The highest BCUT2D eigenvalue weighted by molar-refractivity contribution is 5.97. The van der Waals surface area contributed by atoms with E-state index in [2.05, 4.69) is 19.1 Å². The fraction of sp³-hybridized carbons (Fsp3) is 0.250. The minimum atomic E-state index is -0.644. The molecule has 1 N–H and O–H groups in total. The Labute approximate surface area is 181 Å². The van der Waals surface area contributed by atoms with Gasteiger partial charge in [0.2, 0.25) is 0 Å². The molecule has 0 aliphatic heterocycles. The van der Waals surface area contributed by atoms with Gasteiger partial charge in [0, 0.05) is 16.5 Å². The summed E-state index contributed by atoms with van der Waals surface area (Å²) in [5, 5.41) is 15.3. The number of phenols is 1. The van der Waals surface area contributed by atoms with Gasteiger partial charge in [-0.2, -0.15) is 0 Å². The van der Waals surface area contributed by atoms with Crippen LogP contribution in [0, 0.1) is 0 Å². The lowest BCUT2D eigenvalue weighted by molar-refractivity contribution is -0.0158. The van der Waals surface area contributed by atoms with Crippen LogP contribution in [0.25, 0.3) is 21.5 Å². The van der Waals surface area contributed by atoms with Gasteiger partial charge in [-0.05, 0) is 71.5 Å². The minimum absolute atomic E-state index is 0.245. The topological polar surface area (TPSA) is 46.5 Å². The molecule has 3 nitrogen and oxygen atoms in total. The summed E-state index contributed by atoms with van der Waals surface area (Å²) in [6, 6.07) is 22.0. The van der Waals surface area contributed by atoms with E-state index in [1.54, 1.807) is 0 Å². The minimum Gasteiger partial charge on any atom is -0.507 e. The van der Waals surface area contributed by atoms with E-state index < -0.39 is 5.60 Å². The van der Waals surface area contributed by atoms with E-state index in [-0.39, 0.29) is 11.9 Å². The fourth-order valence-corrected chi connectivity index (χ4v) is 5.78. The highest BCUT2D eigenvalue weighted by Gasteiger charge is 2.53. The van der Waals surface area contributed by atoms with Gasteiger partial charge >= 0.3 is 5.97 Å². The second-order valence-corrected chi connectivity index (χ2v) is 8.94. The number of fused-ring (bicyclic) bond motifs is 7. The van der Waals surface area contributed by atoms with E-state index >= 15 is 0 Å². The molecule has 0 saturated heterocycles. The summed E-state index contributed by atoms with van der Waals surface area (Å²) in [5.41, 5.74) is 3.12. The highest BCUT2D eigenvalue weighted by Crippen LogP contribution is 2.61. The van der Waals surface area contributed by atoms with Crippen LogP contribution in [0.2, 0.25) is 0 Å². The average molecular weight is 408 g/mol. The molecule has 3 heteroatoms. The van der Waals surface area contributed by atoms with Gasteiger partial charge in [-0.15, -0.1) is 0 Å². The summed E-state index contributed by atoms with van der Waals surface area (Å²) >= 11 is 0. The third-order valence-electron chi connectivity index (χ3n) is 7.31. The molecule has 0 heterocycles. The molecule has 0 radical (unpaired) electrons. The number of ether oxygens (including phenoxy) is 1. The molecule has 1 saturated carbocycles. The number of aromatic hydroxyl groups is 1. The third-order valence-corrected chi connectivity index (χ3v) is 7.31. The molecular weight excluding hydrogens is 384 g/mol. The summed E-state index contributed by atoms with van der Waals surface area (Å²) in [4.78, 5) is 13.2. The molecule has 2 unspecified atom stereocenters. The maximum Gasteiger partial charge on any atom is 0.339 e. The van der Waals surface area contributed by atoms with Crippen molar-refractivity contribution in [2.24, 2.45) is 0 Å². The molecule has 4 aromatic carbocycles. The summed E-state index contributed by atoms with van der Waals surface area (Å²) in [6.07, 6.45) is 3.39. The van der Waals surface area contributed by atoms with Crippen LogP contribution in [0.5, 0.6) is 5.75 Å². The van der Waals surface area contributed by atoms with E-state index in [1.807, 2.05) is 54.6 Å². The Hall–Kier alpha value is -3.33. The molecule has 2 bridgehead atoms. The predicted molar refractivity (Wildman–Crippen MR) is 123 cm³/mol. The number of benzene rings is 4. The van der Waals surface area contributed by atoms with E-state index in [0.29, 0.717) is 11.3 Å². The molecule has 0 aromatic heterocycles. The number of hydrogen-bond acceptors (Lipinski definition) is 3. The van der Waals surface area contributed by atoms with Crippen LogP contribution in [0.1, 0.15) is 59.2 Å². The lowest BCUT2D eigenvalue weighted by Gasteiger charge is -2.30. The zero-order chi connectivity index (χ0) is 21.2. The summed E-state index contributed by atoms with van der Waals surface area (Å²) < 4.78 is 6.28. The molecule has 1 fully saturated rings. The first kappa shape index (κ1) is 18.4. The van der Waals surface area contributed by atoms with Crippen LogP contribution in [-0.4, -0.2) is 11.1 Å². The number of hydrogen-bond donors (Lipinski definition) is 1. The molecule has 31 heavy (non-hydrogen) atoms. The number of phenolic OH excluding ortho intramolecular Hbond substituents is 1. The zero-order valence-electron chi connectivity index (χ0n) is 17.5. The smallest absolute Gasteiger partial charge is 0.339 e. The number of rotatable bonds is 3. The summed E-state index contributed by atoms with van der Waals surface area (Å²) in [7, 11) is 0. The Balaban J connectivity index is 1.44. The molecule has 4 aromatic rings. The van der Waals surface area contributed by atoms with Gasteiger partial charge in [0.25, 0.3) is 0 Å². The van der Waals surface area contributed by atoms with Gasteiger partial charge in [0.15, 0.2) is 0 Å². The van der Waals surface area contributed by atoms with E-state index in [0.717, 1.165) is 58.4 Å². The van der Waals surface area contributed by atoms with Crippen LogP contribution >= 0.6 is 0 Å². The van der Waals surface area contributed by atoms with Crippen molar-refractivity contribution in [2.75, 3.05) is 0 Å². The molecule has 0 amide bonds. The van der Waals surface area contributed by atoms with Crippen molar-refractivity contribution in [1.29, 1.82) is 0 Å². The van der Waals surface area contributed by atoms with Gasteiger partial charge in [0.1, 0.15) is 11.4 Å². The van der Waals surface area contributed by atoms with E-state index in [4.69, 9.17) is 4.74 Å². The second kappa shape index (κ2) is 6.58. The molecule has 154 valence electrons. The Morgan fingerprint density at radius 2 is 1.87 bits per heavy atom. The molecular formula is C28H24O3. The first-order valence-corrected chi connectivity index (χ1v) is 11.1. The molecule has 2 aliphatic carbocycles. The Kier molecular flexibility index (Phi) is 3.92. The van der Waals surface area contributed by atoms with Crippen molar-refractivity contribution < 1.29 is 14.6 Å². The van der Waals surface area contributed by atoms with Crippen LogP contribution in [-0.2, 0) is 16.8 Å². The normalized spacial score (nSPS) is 21.5. The van der Waals surface area contributed by atoms with Gasteiger partial charge in [-0.1, -0.05) is 55.5 Å². The lowest BCUT2D eigenvalue weighted by atomic mass is 9.85. The maximum absolute atomic E-state index is 13.2. The average Bonchev–Trinajstić information content (AvgIpc) is 3.35. The molecule has 2 aliphatic rings. The molecule has 0 spiro atoms. The van der Waals surface area contributed by atoms with E-state index in [9.17, 15) is 9.90 Å². The van der Waals surface area contributed by atoms with Crippen molar-refractivity contribution in [3.8, 4) is 5.75 Å². The third kappa shape index (κ3) is 2.62. The molecule has 6 rings (SSSR count). The fourth-order valence-electron chi connectivity index (χ4n) is 5.78. The number of aryl methyl sites for hydroxylation is 1. The largest absolute Gasteiger partial charge is 0.507 e. The predicted octanol–water partition coefficient (Wildman–Crippen LogP) is 6.59. The SMILES string of the molecule is CCc1cccc2c(O)c3c(cc12)C1(OC(=O)c2ccc4ccccc4c2)CCC3C1. The van der Waals surface area contributed by atoms with Crippen LogP contribution in [0.15, 0.2) is 66.7 Å². The Morgan fingerprint density at radius 1 is 1.03 bits per heavy atom. The highest BCUT2D eigenvalue weighted by atomic mass is 16.6. The van der Waals surface area contributed by atoms with Gasteiger partial charge in [-0.25, -0.2) is 4.79 Å². The Morgan fingerprint density at radius 3 is 2.71 bits per heavy atom. The quantitative estimate of drug-likeness (QED) is 0.389. The van der Waals surface area contributed by atoms with Crippen LogP contribution in [0.3, 0.4) is 0 Å². The molecule has 2 atom stereocenters. The van der Waals surface area contributed by atoms with Gasteiger partial charge in [-0.3, -0.25) is 0 Å². The van der Waals surface area contributed by atoms with Crippen molar-refractivity contribution in [2.45, 2.75) is 44.1 Å². The van der Waals surface area contributed by atoms with Crippen molar-refractivity contribution in [3.05, 3.63) is 89.0 Å². The maximum atomic E-state index is 13.2. The van der Waals surface area contributed by atoms with Crippen LogP contribution < -0.4 is 0 Å². The summed E-state index contributed by atoms with van der Waals surface area (Å²) in [5.74, 6) is 0.327. The number of esters is 1. The number of carbonyl (C=O) groups is 1. The second-order valence-electron chi connectivity index (χ2n) is 8.94. The summed E-state index contributed by atoms with van der Waals surface area (Å²) in [6.45, 7) is 2.13. The number of carbonyl (C=O) groups excluding carboxylic acids is 1. The van der Waals surface area contributed by atoms with Crippen molar-refractivity contribution in [1.82, 2.24) is 0 Å². The first-order chi connectivity index (χ1) is 15.1. The first-order valence-electron chi connectivity index (χ1n) is 11.1. The monoisotopic (exact) mass is 408 g/mol. The lowest BCUT2D eigenvalue weighted by Crippen LogP contribution is -2.28. The van der Waals surface area contributed by atoms with Crippen LogP contribution in [0.4, 0.5) is 0 Å². The Bertz CT molecular complexity index is 1370. The van der Waals surface area contributed by atoms with Gasteiger partial charge in [0.05, 0.1) is 5.56 Å². The van der Waals surface area contributed by atoms with E-state index in [1.165, 1.54) is 5.56 Å². The van der Waals surface area contributed by atoms with Crippen molar-refractivity contribution >= 4 is 27.5 Å². The standard InChI is InChI=1S/C28H24O3/c1-2-17-8-5-9-22-23(17)15-24-25(26(22)29)21-12-13-28(24,16-21)31-27(30)20-11-10-18-6-3-4-7-19(18)14-20/h3-11,14-15,21,29H,2,12-13,16H2,1H3. The van der Waals surface area contributed by atoms with Gasteiger partial charge < -0.3 is 9.84 Å².